The van der Waals surface area contributed by atoms with Gasteiger partial charge in [-0.15, -0.1) is 0 Å². The monoisotopic (exact) mass is 281 g/mol. The van der Waals surface area contributed by atoms with Crippen molar-refractivity contribution in [2.24, 2.45) is 5.73 Å². The predicted octanol–water partition coefficient (Wildman–Crippen LogP) is 2.03. The van der Waals surface area contributed by atoms with Crippen molar-refractivity contribution < 1.29 is 4.79 Å². The third kappa shape index (κ3) is 4.74. The average molecular weight is 281 g/mol. The maximum absolute atomic E-state index is 12.2. The van der Waals surface area contributed by atoms with Crippen LogP contribution >= 0.6 is 0 Å². The van der Waals surface area contributed by atoms with Crippen LogP contribution in [0.1, 0.15) is 64.2 Å². The predicted molar refractivity (Wildman–Crippen MR) is 82.5 cm³/mol. The number of rotatable bonds is 5. The molecule has 0 spiro atoms. The van der Waals surface area contributed by atoms with Crippen molar-refractivity contribution in [2.75, 3.05) is 26.2 Å². The Morgan fingerprint density at radius 3 is 2.25 bits per heavy atom. The molecule has 116 valence electrons. The van der Waals surface area contributed by atoms with Crippen LogP contribution < -0.4 is 11.1 Å². The Bertz CT molecular complexity index is 292. The van der Waals surface area contributed by atoms with E-state index >= 15 is 0 Å². The zero-order valence-electron chi connectivity index (χ0n) is 12.8. The second kappa shape index (κ2) is 7.99. The van der Waals surface area contributed by atoms with Gasteiger partial charge < -0.3 is 16.0 Å². The Balaban J connectivity index is 1.61. The number of likely N-dealkylation sites (tertiary alicyclic amines) is 1. The van der Waals surface area contributed by atoms with Crippen molar-refractivity contribution in [3.8, 4) is 0 Å². The molecule has 1 saturated carbocycles. The Kier molecular flexibility index (Phi) is 6.30. The maximum atomic E-state index is 12.2. The number of carbonyl (C=O) groups excluding carboxylic acids is 1. The summed E-state index contributed by atoms with van der Waals surface area (Å²) in [6, 6.07) is 0. The molecule has 4 nitrogen and oxygen atoms in total. The number of nitrogens with two attached hydrogens (primary N) is 1. The van der Waals surface area contributed by atoms with Gasteiger partial charge in [-0.05, 0) is 51.7 Å². The average Bonchev–Trinajstić information content (AvgIpc) is 2.73. The third-order valence-corrected chi connectivity index (χ3v) is 4.83. The van der Waals surface area contributed by atoms with Crippen LogP contribution in [0.2, 0.25) is 0 Å². The summed E-state index contributed by atoms with van der Waals surface area (Å²) in [4.78, 5) is 14.7. The summed E-state index contributed by atoms with van der Waals surface area (Å²) in [5, 5.41) is 3.06. The van der Waals surface area contributed by atoms with E-state index in [1.165, 1.54) is 45.2 Å². The summed E-state index contributed by atoms with van der Waals surface area (Å²) in [5.74, 6) is 0.0769. The molecular formula is C16H31N3O. The fourth-order valence-electron chi connectivity index (χ4n) is 3.45. The molecule has 4 heteroatoms. The van der Waals surface area contributed by atoms with Gasteiger partial charge in [-0.2, -0.15) is 0 Å². The van der Waals surface area contributed by atoms with Crippen LogP contribution in [0.3, 0.4) is 0 Å². The minimum absolute atomic E-state index is 0.0769. The maximum Gasteiger partial charge on any atom is 0.240 e. The summed E-state index contributed by atoms with van der Waals surface area (Å²) in [6.45, 7) is 4.34. The summed E-state index contributed by atoms with van der Waals surface area (Å²) < 4.78 is 0. The van der Waals surface area contributed by atoms with E-state index in [1.807, 2.05) is 0 Å². The fraction of sp³-hybridized carbons (Fsp3) is 0.938. The van der Waals surface area contributed by atoms with E-state index in [-0.39, 0.29) is 5.91 Å². The molecule has 0 bridgehead atoms. The highest BCUT2D eigenvalue weighted by Crippen LogP contribution is 2.25. The Morgan fingerprint density at radius 1 is 1.00 bits per heavy atom. The molecule has 1 heterocycles. The number of hydrogen-bond acceptors (Lipinski definition) is 3. The van der Waals surface area contributed by atoms with E-state index in [2.05, 4.69) is 10.2 Å². The number of carbonyl (C=O) groups is 1. The molecule has 0 aromatic rings. The molecule has 1 saturated heterocycles. The number of nitrogens with one attached hydrogen (secondary N) is 1. The van der Waals surface area contributed by atoms with Crippen molar-refractivity contribution in [2.45, 2.75) is 69.7 Å². The molecule has 2 fully saturated rings. The standard InChI is InChI=1S/C16H31N3O/c17-16(9-4-3-5-10-16)15(20)18-11-8-14-19-12-6-1-2-7-13-19/h1-14,17H2,(H,18,20). The van der Waals surface area contributed by atoms with Gasteiger partial charge in [0, 0.05) is 6.54 Å². The molecule has 20 heavy (non-hydrogen) atoms. The highest BCUT2D eigenvalue weighted by Gasteiger charge is 2.34. The quantitative estimate of drug-likeness (QED) is 0.758. The van der Waals surface area contributed by atoms with Crippen molar-refractivity contribution in [1.29, 1.82) is 0 Å². The van der Waals surface area contributed by atoms with E-state index in [9.17, 15) is 4.79 Å². The first-order chi connectivity index (χ1) is 9.71. The first kappa shape index (κ1) is 15.8. The van der Waals surface area contributed by atoms with E-state index in [4.69, 9.17) is 5.73 Å². The lowest BCUT2D eigenvalue weighted by Crippen LogP contribution is -2.55. The van der Waals surface area contributed by atoms with Crippen molar-refractivity contribution in [1.82, 2.24) is 10.2 Å². The van der Waals surface area contributed by atoms with Crippen LogP contribution in [-0.2, 0) is 4.79 Å². The van der Waals surface area contributed by atoms with Crippen LogP contribution in [-0.4, -0.2) is 42.5 Å². The second-order valence-corrected chi connectivity index (χ2v) is 6.58. The molecule has 1 aliphatic heterocycles. The van der Waals surface area contributed by atoms with E-state index in [0.717, 1.165) is 45.2 Å². The zero-order chi connectivity index (χ0) is 14.3. The molecule has 2 rings (SSSR count). The molecule has 1 aliphatic carbocycles. The number of hydrogen-bond donors (Lipinski definition) is 2. The third-order valence-electron chi connectivity index (χ3n) is 4.83. The molecule has 0 radical (unpaired) electrons. The van der Waals surface area contributed by atoms with Gasteiger partial charge in [-0.3, -0.25) is 4.79 Å². The Labute approximate surface area is 123 Å². The SMILES string of the molecule is NC1(C(=O)NCCCN2CCCCCC2)CCCCC1. The minimum atomic E-state index is -0.582. The molecule has 0 aromatic heterocycles. The molecular weight excluding hydrogens is 250 g/mol. The summed E-state index contributed by atoms with van der Waals surface area (Å²) in [6.07, 6.45) is 11.6. The molecule has 0 unspecified atom stereocenters. The highest BCUT2D eigenvalue weighted by molar-refractivity contribution is 5.86. The topological polar surface area (TPSA) is 58.4 Å². The van der Waals surface area contributed by atoms with Gasteiger partial charge >= 0.3 is 0 Å². The lowest BCUT2D eigenvalue weighted by Gasteiger charge is -2.32. The van der Waals surface area contributed by atoms with Gasteiger partial charge in [-0.1, -0.05) is 32.1 Å². The van der Waals surface area contributed by atoms with Gasteiger partial charge in [0.15, 0.2) is 0 Å². The smallest absolute Gasteiger partial charge is 0.240 e. The number of nitrogens with zero attached hydrogens (tertiary/aromatic N) is 1. The normalized spacial score (nSPS) is 24.1. The molecule has 3 N–H and O–H groups in total. The molecule has 0 atom stereocenters. The van der Waals surface area contributed by atoms with E-state index in [0.29, 0.717) is 0 Å². The van der Waals surface area contributed by atoms with Crippen LogP contribution in [0.4, 0.5) is 0 Å². The number of amides is 1. The Hall–Kier alpha value is -0.610. The van der Waals surface area contributed by atoms with Crippen molar-refractivity contribution >= 4 is 5.91 Å². The largest absolute Gasteiger partial charge is 0.354 e. The molecule has 1 amide bonds. The molecule has 0 aromatic carbocycles. The fourth-order valence-corrected chi connectivity index (χ4v) is 3.45. The second-order valence-electron chi connectivity index (χ2n) is 6.58. The van der Waals surface area contributed by atoms with Crippen molar-refractivity contribution in [3.05, 3.63) is 0 Å². The summed E-state index contributed by atoms with van der Waals surface area (Å²) in [5.41, 5.74) is 5.64. The van der Waals surface area contributed by atoms with Crippen LogP contribution in [0, 0.1) is 0 Å². The van der Waals surface area contributed by atoms with Gasteiger partial charge in [0.05, 0.1) is 5.54 Å². The summed E-state index contributed by atoms with van der Waals surface area (Å²) in [7, 11) is 0. The van der Waals surface area contributed by atoms with Gasteiger partial charge in [0.1, 0.15) is 0 Å². The van der Waals surface area contributed by atoms with Gasteiger partial charge in [0.2, 0.25) is 5.91 Å². The lowest BCUT2D eigenvalue weighted by atomic mass is 9.82. The van der Waals surface area contributed by atoms with Gasteiger partial charge in [0.25, 0.3) is 0 Å². The van der Waals surface area contributed by atoms with Crippen LogP contribution in [0.25, 0.3) is 0 Å². The highest BCUT2D eigenvalue weighted by atomic mass is 16.2. The van der Waals surface area contributed by atoms with Crippen molar-refractivity contribution in [3.63, 3.8) is 0 Å². The zero-order valence-corrected chi connectivity index (χ0v) is 12.8. The summed E-state index contributed by atoms with van der Waals surface area (Å²) >= 11 is 0. The van der Waals surface area contributed by atoms with Crippen LogP contribution in [0.15, 0.2) is 0 Å². The van der Waals surface area contributed by atoms with E-state index < -0.39 is 5.54 Å². The Morgan fingerprint density at radius 2 is 1.60 bits per heavy atom. The van der Waals surface area contributed by atoms with Crippen LogP contribution in [0.5, 0.6) is 0 Å². The van der Waals surface area contributed by atoms with E-state index in [1.54, 1.807) is 0 Å². The minimum Gasteiger partial charge on any atom is -0.354 e. The lowest BCUT2D eigenvalue weighted by molar-refractivity contribution is -0.127. The first-order valence-electron chi connectivity index (χ1n) is 8.50. The molecule has 2 aliphatic rings. The first-order valence-corrected chi connectivity index (χ1v) is 8.50. The van der Waals surface area contributed by atoms with Gasteiger partial charge in [-0.25, -0.2) is 0 Å².